The number of carbonyl (C=O) groups excluding carboxylic acids is 1. The number of halogens is 1. The third-order valence-electron chi connectivity index (χ3n) is 5.49. The van der Waals surface area contributed by atoms with Gasteiger partial charge in [-0.1, -0.05) is 12.1 Å². The zero-order chi connectivity index (χ0) is 22.7. The van der Waals surface area contributed by atoms with Gasteiger partial charge in [0, 0.05) is 18.4 Å². The molecule has 0 spiro atoms. The van der Waals surface area contributed by atoms with Crippen LogP contribution in [0.25, 0.3) is 22.0 Å². The minimum absolute atomic E-state index is 0. The molecule has 0 atom stereocenters. The topological polar surface area (TPSA) is 106 Å². The fraction of sp³-hybridized carbons (Fsp3) is 0.292. The number of methoxy groups -OCH3 is 2. The van der Waals surface area contributed by atoms with E-state index in [4.69, 9.17) is 13.9 Å². The Morgan fingerprint density at radius 1 is 1.15 bits per heavy atom. The van der Waals surface area contributed by atoms with Crippen LogP contribution in [-0.2, 0) is 17.6 Å². The number of carbonyl (C=O) groups is 1. The van der Waals surface area contributed by atoms with Crippen molar-refractivity contribution < 1.29 is 18.7 Å². The van der Waals surface area contributed by atoms with Crippen LogP contribution in [-0.4, -0.2) is 36.6 Å². The predicted octanol–water partition coefficient (Wildman–Crippen LogP) is 3.71. The predicted molar refractivity (Wildman–Crippen MR) is 129 cm³/mol. The number of ether oxygens (including phenoxy) is 2. The van der Waals surface area contributed by atoms with Crippen molar-refractivity contribution in [2.45, 2.75) is 26.2 Å². The van der Waals surface area contributed by atoms with Crippen molar-refractivity contribution in [3.63, 3.8) is 0 Å². The van der Waals surface area contributed by atoms with E-state index >= 15 is 0 Å². The molecule has 0 aliphatic heterocycles. The van der Waals surface area contributed by atoms with Crippen LogP contribution in [0, 0.1) is 6.92 Å². The number of aryl methyl sites for hydroxylation is 2. The first-order valence-corrected chi connectivity index (χ1v) is 10.4. The van der Waals surface area contributed by atoms with E-state index in [2.05, 4.69) is 15.3 Å². The van der Waals surface area contributed by atoms with Gasteiger partial charge >= 0.3 is 5.63 Å². The Morgan fingerprint density at radius 2 is 1.94 bits per heavy atom. The van der Waals surface area contributed by atoms with Crippen molar-refractivity contribution in [2.24, 2.45) is 0 Å². The average molecular weight is 472 g/mol. The Kier molecular flexibility index (Phi) is 7.60. The molecule has 1 amide bonds. The summed E-state index contributed by atoms with van der Waals surface area (Å²) in [5, 5.41) is 3.58. The number of fused-ring (bicyclic) bond motifs is 2. The fourth-order valence-electron chi connectivity index (χ4n) is 3.80. The minimum Gasteiger partial charge on any atom is -0.493 e. The monoisotopic (exact) mass is 471 g/mol. The van der Waals surface area contributed by atoms with Crippen molar-refractivity contribution in [1.29, 1.82) is 0 Å². The minimum atomic E-state index is -0.557. The average Bonchev–Trinajstić information content (AvgIpc) is 3.21. The van der Waals surface area contributed by atoms with E-state index in [0.717, 1.165) is 23.3 Å². The molecule has 2 aromatic heterocycles. The van der Waals surface area contributed by atoms with E-state index in [-0.39, 0.29) is 24.7 Å². The molecule has 4 rings (SSSR count). The quantitative estimate of drug-likeness (QED) is 0.300. The van der Waals surface area contributed by atoms with Crippen LogP contribution in [0.2, 0.25) is 0 Å². The number of hydrogen-bond acceptors (Lipinski definition) is 6. The lowest BCUT2D eigenvalue weighted by atomic mass is 10.0. The lowest BCUT2D eigenvalue weighted by Gasteiger charge is -2.12. The standard InChI is InChI=1S/C24H25N3O5.ClH/c1-14-15-10-11-19(30-2)23(31-3)22(15)32-24(29)16(14)13-21(28)25-12-6-9-20-26-17-7-4-5-8-18(17)27-20;/h4-5,7-8,10-11H,6,9,12-13H2,1-3H3,(H,25,28)(H,26,27);1H. The van der Waals surface area contributed by atoms with E-state index in [1.165, 1.54) is 14.2 Å². The van der Waals surface area contributed by atoms with Crippen molar-refractivity contribution in [2.75, 3.05) is 20.8 Å². The van der Waals surface area contributed by atoms with Crippen LogP contribution >= 0.6 is 12.4 Å². The van der Waals surface area contributed by atoms with Crippen LogP contribution in [0.5, 0.6) is 11.5 Å². The lowest BCUT2D eigenvalue weighted by molar-refractivity contribution is -0.120. The molecule has 4 aromatic rings. The second-order valence-electron chi connectivity index (χ2n) is 7.50. The van der Waals surface area contributed by atoms with E-state index in [1.54, 1.807) is 19.1 Å². The van der Waals surface area contributed by atoms with Crippen LogP contribution in [0.1, 0.15) is 23.4 Å². The third-order valence-corrected chi connectivity index (χ3v) is 5.49. The smallest absolute Gasteiger partial charge is 0.340 e. The SMILES string of the molecule is COc1ccc2c(C)c(CC(=O)NCCCc3nc4ccccc4[nH]3)c(=O)oc2c1OC.Cl. The molecule has 174 valence electrons. The normalized spacial score (nSPS) is 10.8. The van der Waals surface area contributed by atoms with Gasteiger partial charge in [0.15, 0.2) is 11.3 Å². The number of amides is 1. The first-order chi connectivity index (χ1) is 15.5. The number of para-hydroxylation sites is 2. The van der Waals surface area contributed by atoms with Gasteiger partial charge in [-0.3, -0.25) is 4.79 Å². The summed E-state index contributed by atoms with van der Waals surface area (Å²) in [4.78, 5) is 32.9. The number of benzene rings is 2. The molecule has 2 heterocycles. The Morgan fingerprint density at radius 3 is 2.67 bits per heavy atom. The Hall–Kier alpha value is -3.52. The number of imidazole rings is 1. The van der Waals surface area contributed by atoms with Crippen LogP contribution in [0.15, 0.2) is 45.6 Å². The summed E-state index contributed by atoms with van der Waals surface area (Å²) in [5.41, 5.74) is 2.70. The molecule has 0 radical (unpaired) electrons. The summed E-state index contributed by atoms with van der Waals surface area (Å²) in [5.74, 6) is 1.48. The molecule has 0 fully saturated rings. The van der Waals surface area contributed by atoms with Gasteiger partial charge < -0.3 is 24.2 Å². The van der Waals surface area contributed by atoms with E-state index in [0.29, 0.717) is 46.6 Å². The van der Waals surface area contributed by atoms with Gasteiger partial charge in [0.1, 0.15) is 5.82 Å². The molecular formula is C24H26ClN3O5. The number of rotatable bonds is 8. The van der Waals surface area contributed by atoms with Gasteiger partial charge in [-0.05, 0) is 43.2 Å². The van der Waals surface area contributed by atoms with Crippen molar-refractivity contribution in [1.82, 2.24) is 15.3 Å². The highest BCUT2D eigenvalue weighted by Crippen LogP contribution is 2.36. The van der Waals surface area contributed by atoms with Gasteiger partial charge in [0.25, 0.3) is 0 Å². The maximum Gasteiger partial charge on any atom is 0.340 e. The van der Waals surface area contributed by atoms with Crippen molar-refractivity contribution in [3.05, 3.63) is 63.8 Å². The third kappa shape index (κ3) is 4.96. The summed E-state index contributed by atoms with van der Waals surface area (Å²) in [7, 11) is 3.00. The first kappa shape index (κ1) is 24.1. The number of hydrogen-bond donors (Lipinski definition) is 2. The maximum absolute atomic E-state index is 12.6. The molecule has 0 aliphatic rings. The molecule has 0 saturated carbocycles. The lowest BCUT2D eigenvalue weighted by Crippen LogP contribution is -2.29. The van der Waals surface area contributed by atoms with E-state index in [9.17, 15) is 9.59 Å². The molecule has 0 bridgehead atoms. The molecule has 9 heteroatoms. The fourth-order valence-corrected chi connectivity index (χ4v) is 3.80. The summed E-state index contributed by atoms with van der Waals surface area (Å²) < 4.78 is 16.1. The van der Waals surface area contributed by atoms with Crippen LogP contribution in [0.3, 0.4) is 0 Å². The van der Waals surface area contributed by atoms with Crippen LogP contribution < -0.4 is 20.4 Å². The molecular weight excluding hydrogens is 446 g/mol. The molecule has 8 nitrogen and oxygen atoms in total. The molecule has 0 aliphatic carbocycles. The zero-order valence-corrected chi connectivity index (χ0v) is 19.5. The zero-order valence-electron chi connectivity index (χ0n) is 18.7. The van der Waals surface area contributed by atoms with Gasteiger partial charge in [0.2, 0.25) is 11.7 Å². The molecule has 0 saturated heterocycles. The molecule has 33 heavy (non-hydrogen) atoms. The maximum atomic E-state index is 12.6. The first-order valence-electron chi connectivity index (χ1n) is 10.4. The van der Waals surface area contributed by atoms with Gasteiger partial charge in [-0.15, -0.1) is 12.4 Å². The van der Waals surface area contributed by atoms with Gasteiger partial charge in [-0.25, -0.2) is 9.78 Å². The second kappa shape index (κ2) is 10.4. The number of aromatic nitrogens is 2. The summed E-state index contributed by atoms with van der Waals surface area (Å²) >= 11 is 0. The van der Waals surface area contributed by atoms with Gasteiger partial charge in [-0.2, -0.15) is 0 Å². The van der Waals surface area contributed by atoms with Crippen molar-refractivity contribution >= 4 is 40.3 Å². The van der Waals surface area contributed by atoms with Crippen LogP contribution in [0.4, 0.5) is 0 Å². The molecule has 0 unspecified atom stereocenters. The van der Waals surface area contributed by atoms with Crippen molar-refractivity contribution in [3.8, 4) is 11.5 Å². The number of nitrogens with zero attached hydrogens (tertiary/aromatic N) is 1. The van der Waals surface area contributed by atoms with E-state index in [1.807, 2.05) is 24.3 Å². The largest absolute Gasteiger partial charge is 0.493 e. The summed E-state index contributed by atoms with van der Waals surface area (Å²) in [6.45, 7) is 2.29. The Balaban J connectivity index is 0.00000306. The Bertz CT molecular complexity index is 1310. The second-order valence-corrected chi connectivity index (χ2v) is 7.50. The van der Waals surface area contributed by atoms with Gasteiger partial charge in [0.05, 0.1) is 37.2 Å². The Labute approximate surface area is 196 Å². The number of nitrogens with one attached hydrogen (secondary N) is 2. The summed E-state index contributed by atoms with van der Waals surface area (Å²) in [6, 6.07) is 11.4. The highest BCUT2D eigenvalue weighted by molar-refractivity contribution is 5.90. The highest BCUT2D eigenvalue weighted by atomic mass is 35.5. The highest BCUT2D eigenvalue weighted by Gasteiger charge is 2.19. The number of aromatic amines is 1. The molecule has 2 aromatic carbocycles. The summed E-state index contributed by atoms with van der Waals surface area (Å²) in [6.07, 6.45) is 1.39. The number of H-pyrrole nitrogens is 1. The van der Waals surface area contributed by atoms with E-state index < -0.39 is 5.63 Å². The molecule has 2 N–H and O–H groups in total.